The lowest BCUT2D eigenvalue weighted by molar-refractivity contribution is -0.129. The Morgan fingerprint density at radius 2 is 1.46 bits per heavy atom. The van der Waals surface area contributed by atoms with E-state index in [9.17, 15) is 9.59 Å². The highest BCUT2D eigenvalue weighted by Gasteiger charge is 2.11. The largest absolute Gasteiger partial charge is 0.352 e. The minimum Gasteiger partial charge on any atom is -0.352 e. The van der Waals surface area contributed by atoms with Gasteiger partial charge in [0, 0.05) is 33.0 Å². The zero-order chi connectivity index (χ0) is 17.2. The molecule has 0 aliphatic heterocycles. The molecule has 0 fully saturated rings. The molecule has 2 amide bonds. The fraction of sp³-hybridized carbons (Fsp3) is 0.300. The van der Waals surface area contributed by atoms with E-state index in [1.807, 2.05) is 60.7 Å². The fourth-order valence-electron chi connectivity index (χ4n) is 2.46. The first-order valence-corrected chi connectivity index (χ1v) is 8.25. The molecular weight excluding hydrogens is 300 g/mol. The second-order valence-electron chi connectivity index (χ2n) is 5.75. The number of hydrogen-bond donors (Lipinski definition) is 1. The predicted molar refractivity (Wildman–Crippen MR) is 95.3 cm³/mol. The monoisotopic (exact) mass is 324 g/mol. The van der Waals surface area contributed by atoms with Crippen molar-refractivity contribution in [1.82, 2.24) is 10.2 Å². The molecule has 0 heterocycles. The third-order valence-corrected chi connectivity index (χ3v) is 3.90. The Labute approximate surface area is 143 Å². The third-order valence-electron chi connectivity index (χ3n) is 3.90. The SMILES string of the molecule is CC(=O)N(CCC(=O)NCc1ccccc1)CCc1ccccc1. The van der Waals surface area contributed by atoms with Gasteiger partial charge in [-0.15, -0.1) is 0 Å². The minimum absolute atomic E-state index is 0.00166. The molecule has 2 rings (SSSR count). The lowest BCUT2D eigenvalue weighted by Crippen LogP contribution is -2.35. The van der Waals surface area contributed by atoms with Gasteiger partial charge in [-0.3, -0.25) is 9.59 Å². The Balaban J connectivity index is 1.74. The van der Waals surface area contributed by atoms with Gasteiger partial charge in [0.05, 0.1) is 0 Å². The van der Waals surface area contributed by atoms with Crippen LogP contribution in [-0.2, 0) is 22.6 Å². The van der Waals surface area contributed by atoms with E-state index in [0.29, 0.717) is 26.1 Å². The smallest absolute Gasteiger partial charge is 0.222 e. The van der Waals surface area contributed by atoms with E-state index in [-0.39, 0.29) is 11.8 Å². The van der Waals surface area contributed by atoms with Gasteiger partial charge >= 0.3 is 0 Å². The van der Waals surface area contributed by atoms with Gasteiger partial charge in [0.1, 0.15) is 0 Å². The summed E-state index contributed by atoms with van der Waals surface area (Å²) in [6.07, 6.45) is 1.12. The van der Waals surface area contributed by atoms with Crippen molar-refractivity contribution in [2.75, 3.05) is 13.1 Å². The lowest BCUT2D eigenvalue weighted by Gasteiger charge is -2.21. The van der Waals surface area contributed by atoms with E-state index in [0.717, 1.165) is 12.0 Å². The summed E-state index contributed by atoms with van der Waals surface area (Å²) in [5, 5.41) is 2.89. The van der Waals surface area contributed by atoms with Crippen LogP contribution in [0.1, 0.15) is 24.5 Å². The van der Waals surface area contributed by atoms with Crippen LogP contribution in [0.2, 0.25) is 0 Å². The van der Waals surface area contributed by atoms with Gasteiger partial charge < -0.3 is 10.2 Å². The number of benzene rings is 2. The number of nitrogens with zero attached hydrogens (tertiary/aromatic N) is 1. The van der Waals surface area contributed by atoms with Crippen LogP contribution < -0.4 is 5.32 Å². The molecule has 2 aromatic rings. The van der Waals surface area contributed by atoms with Gasteiger partial charge in [0.15, 0.2) is 0 Å². The van der Waals surface area contributed by atoms with Gasteiger partial charge in [-0.25, -0.2) is 0 Å². The van der Waals surface area contributed by atoms with Crippen LogP contribution in [0.25, 0.3) is 0 Å². The summed E-state index contributed by atoms with van der Waals surface area (Å²) in [7, 11) is 0. The third kappa shape index (κ3) is 6.24. The summed E-state index contributed by atoms with van der Waals surface area (Å²) < 4.78 is 0. The molecule has 0 aromatic heterocycles. The van der Waals surface area contributed by atoms with Gasteiger partial charge in [0.25, 0.3) is 0 Å². The summed E-state index contributed by atoms with van der Waals surface area (Å²) in [4.78, 5) is 25.5. The second-order valence-corrected chi connectivity index (χ2v) is 5.75. The quantitative estimate of drug-likeness (QED) is 0.812. The van der Waals surface area contributed by atoms with Crippen LogP contribution in [0, 0.1) is 0 Å². The molecule has 0 radical (unpaired) electrons. The molecule has 24 heavy (non-hydrogen) atoms. The Morgan fingerprint density at radius 3 is 2.04 bits per heavy atom. The summed E-state index contributed by atoms with van der Waals surface area (Å²) in [5.74, 6) is -0.0356. The second kappa shape index (κ2) is 9.50. The van der Waals surface area contributed by atoms with Crippen LogP contribution in [0.3, 0.4) is 0 Å². The van der Waals surface area contributed by atoms with Crippen LogP contribution in [0.4, 0.5) is 0 Å². The van der Waals surface area contributed by atoms with Crippen molar-refractivity contribution in [3.63, 3.8) is 0 Å². The lowest BCUT2D eigenvalue weighted by atomic mass is 10.1. The highest BCUT2D eigenvalue weighted by Crippen LogP contribution is 2.03. The summed E-state index contributed by atoms with van der Waals surface area (Å²) in [6.45, 7) is 3.14. The Morgan fingerprint density at radius 1 is 0.875 bits per heavy atom. The number of carbonyl (C=O) groups is 2. The van der Waals surface area contributed by atoms with Crippen molar-refractivity contribution in [2.24, 2.45) is 0 Å². The first kappa shape index (κ1) is 17.7. The molecule has 4 nitrogen and oxygen atoms in total. The van der Waals surface area contributed by atoms with Gasteiger partial charge in [-0.2, -0.15) is 0 Å². The molecule has 0 unspecified atom stereocenters. The zero-order valence-corrected chi connectivity index (χ0v) is 14.1. The van der Waals surface area contributed by atoms with Crippen molar-refractivity contribution in [3.8, 4) is 0 Å². The topological polar surface area (TPSA) is 49.4 Å². The van der Waals surface area contributed by atoms with Gasteiger partial charge in [-0.1, -0.05) is 60.7 Å². The number of amides is 2. The van der Waals surface area contributed by atoms with Crippen LogP contribution in [0.15, 0.2) is 60.7 Å². The maximum absolute atomic E-state index is 12.0. The molecule has 0 bridgehead atoms. The Bertz CT molecular complexity index is 641. The van der Waals surface area contributed by atoms with Crippen molar-refractivity contribution >= 4 is 11.8 Å². The van der Waals surface area contributed by atoms with Crippen LogP contribution in [-0.4, -0.2) is 29.8 Å². The fourth-order valence-corrected chi connectivity index (χ4v) is 2.46. The number of carbonyl (C=O) groups excluding carboxylic acids is 2. The first-order valence-electron chi connectivity index (χ1n) is 8.25. The minimum atomic E-state index is -0.0372. The van der Waals surface area contributed by atoms with Crippen molar-refractivity contribution in [3.05, 3.63) is 71.8 Å². The molecule has 0 saturated carbocycles. The molecular formula is C20H24N2O2. The van der Waals surface area contributed by atoms with Crippen LogP contribution in [0.5, 0.6) is 0 Å². The maximum atomic E-state index is 12.0. The Kier molecular flexibility index (Phi) is 7.02. The van der Waals surface area contributed by atoms with E-state index >= 15 is 0 Å². The molecule has 2 aromatic carbocycles. The molecule has 126 valence electrons. The molecule has 4 heteroatoms. The highest BCUT2D eigenvalue weighted by atomic mass is 16.2. The van der Waals surface area contributed by atoms with Crippen molar-refractivity contribution in [1.29, 1.82) is 0 Å². The number of hydrogen-bond acceptors (Lipinski definition) is 2. The number of rotatable bonds is 8. The molecule has 0 aliphatic rings. The normalized spacial score (nSPS) is 10.2. The number of nitrogens with one attached hydrogen (secondary N) is 1. The van der Waals surface area contributed by atoms with Gasteiger partial charge in [-0.05, 0) is 17.5 Å². The molecule has 1 N–H and O–H groups in total. The molecule has 0 atom stereocenters. The zero-order valence-electron chi connectivity index (χ0n) is 14.1. The average Bonchev–Trinajstić information content (AvgIpc) is 2.61. The van der Waals surface area contributed by atoms with E-state index in [1.54, 1.807) is 11.8 Å². The average molecular weight is 324 g/mol. The highest BCUT2D eigenvalue weighted by molar-refractivity contribution is 5.78. The van der Waals surface area contributed by atoms with Gasteiger partial charge in [0.2, 0.25) is 11.8 Å². The summed E-state index contributed by atoms with van der Waals surface area (Å²) in [6, 6.07) is 19.8. The van der Waals surface area contributed by atoms with Crippen molar-refractivity contribution in [2.45, 2.75) is 26.3 Å². The summed E-state index contributed by atoms with van der Waals surface area (Å²) >= 11 is 0. The summed E-state index contributed by atoms with van der Waals surface area (Å²) in [5.41, 5.74) is 2.26. The van der Waals surface area contributed by atoms with E-state index < -0.39 is 0 Å². The predicted octanol–water partition coefficient (Wildman–Crippen LogP) is 2.78. The van der Waals surface area contributed by atoms with E-state index in [1.165, 1.54) is 5.56 Å². The Hall–Kier alpha value is -2.62. The first-order chi connectivity index (χ1) is 11.6. The van der Waals surface area contributed by atoms with Crippen molar-refractivity contribution < 1.29 is 9.59 Å². The molecule has 0 saturated heterocycles. The van der Waals surface area contributed by atoms with Crippen LogP contribution >= 0.6 is 0 Å². The standard InChI is InChI=1S/C20H24N2O2/c1-17(23)22(14-12-18-8-4-2-5-9-18)15-13-20(24)21-16-19-10-6-3-7-11-19/h2-11H,12-16H2,1H3,(H,21,24). The van der Waals surface area contributed by atoms with E-state index in [2.05, 4.69) is 5.32 Å². The molecule has 0 spiro atoms. The maximum Gasteiger partial charge on any atom is 0.222 e. The van der Waals surface area contributed by atoms with E-state index in [4.69, 9.17) is 0 Å². The molecule has 0 aliphatic carbocycles.